The van der Waals surface area contributed by atoms with E-state index in [1.165, 1.54) is 5.56 Å². The normalized spacial score (nSPS) is 17.7. The van der Waals surface area contributed by atoms with Crippen LogP contribution in [0.3, 0.4) is 0 Å². The number of ether oxygens (including phenoxy) is 3. The second-order valence-corrected chi connectivity index (χ2v) is 5.83. The van der Waals surface area contributed by atoms with Crippen LogP contribution in [0.2, 0.25) is 0 Å². The van der Waals surface area contributed by atoms with Crippen LogP contribution in [0.25, 0.3) is 0 Å². The molecule has 2 aromatic carbocycles. The van der Waals surface area contributed by atoms with E-state index in [-0.39, 0.29) is 12.2 Å². The summed E-state index contributed by atoms with van der Waals surface area (Å²) in [6, 6.07) is 15.9. The van der Waals surface area contributed by atoms with Gasteiger partial charge < -0.3 is 14.2 Å². The highest BCUT2D eigenvalue weighted by molar-refractivity contribution is 5.42. The summed E-state index contributed by atoms with van der Waals surface area (Å²) in [6.07, 6.45) is 3.82. The molecule has 0 spiro atoms. The van der Waals surface area contributed by atoms with Crippen molar-refractivity contribution in [2.45, 2.75) is 37.9 Å². The van der Waals surface area contributed by atoms with Gasteiger partial charge in [-0.2, -0.15) is 0 Å². The van der Waals surface area contributed by atoms with E-state index in [0.29, 0.717) is 0 Å². The molecule has 121 valence electrons. The fourth-order valence-electron chi connectivity index (χ4n) is 2.91. The Labute approximate surface area is 138 Å². The smallest absolute Gasteiger partial charge is 0.126 e. The molecular weight excluding hydrogens is 288 g/mol. The number of rotatable bonds is 6. The summed E-state index contributed by atoms with van der Waals surface area (Å²) in [5.74, 6) is 2.65. The van der Waals surface area contributed by atoms with Crippen LogP contribution >= 0.6 is 0 Å². The SMILES string of the molecule is [CH2]CC(CC1CCc2ccc(OC)cc2O1)Oc1ccccc1. The third-order valence-corrected chi connectivity index (χ3v) is 4.20. The number of para-hydroxylation sites is 1. The van der Waals surface area contributed by atoms with Gasteiger partial charge in [-0.05, 0) is 49.9 Å². The molecule has 0 fully saturated rings. The summed E-state index contributed by atoms with van der Waals surface area (Å²) in [4.78, 5) is 0. The van der Waals surface area contributed by atoms with Gasteiger partial charge >= 0.3 is 0 Å². The predicted octanol–water partition coefficient (Wildman–Crippen LogP) is 4.45. The molecule has 1 radical (unpaired) electrons. The maximum absolute atomic E-state index is 6.16. The molecule has 3 nitrogen and oxygen atoms in total. The summed E-state index contributed by atoms with van der Waals surface area (Å²) in [7, 11) is 1.68. The maximum Gasteiger partial charge on any atom is 0.126 e. The third kappa shape index (κ3) is 3.98. The van der Waals surface area contributed by atoms with Crippen molar-refractivity contribution in [2.75, 3.05) is 7.11 Å². The van der Waals surface area contributed by atoms with Crippen molar-refractivity contribution in [2.24, 2.45) is 0 Å². The second-order valence-electron chi connectivity index (χ2n) is 5.83. The average molecular weight is 311 g/mol. The lowest BCUT2D eigenvalue weighted by Crippen LogP contribution is -2.30. The van der Waals surface area contributed by atoms with Crippen LogP contribution in [-0.2, 0) is 6.42 Å². The van der Waals surface area contributed by atoms with Gasteiger partial charge in [-0.3, -0.25) is 0 Å². The highest BCUT2D eigenvalue weighted by atomic mass is 16.5. The highest BCUT2D eigenvalue weighted by Crippen LogP contribution is 2.33. The van der Waals surface area contributed by atoms with Gasteiger partial charge in [0.2, 0.25) is 0 Å². The Hall–Kier alpha value is -2.16. The van der Waals surface area contributed by atoms with Gasteiger partial charge in [0.25, 0.3) is 0 Å². The zero-order valence-electron chi connectivity index (χ0n) is 13.5. The van der Waals surface area contributed by atoms with Crippen LogP contribution in [0.1, 0.15) is 24.8 Å². The molecule has 0 amide bonds. The van der Waals surface area contributed by atoms with Crippen molar-refractivity contribution in [1.82, 2.24) is 0 Å². The lowest BCUT2D eigenvalue weighted by molar-refractivity contribution is 0.0969. The molecule has 0 bridgehead atoms. The Morgan fingerprint density at radius 3 is 2.74 bits per heavy atom. The summed E-state index contributed by atoms with van der Waals surface area (Å²) in [5, 5.41) is 0. The van der Waals surface area contributed by atoms with Gasteiger partial charge in [-0.15, -0.1) is 0 Å². The molecule has 1 aliphatic rings. The summed E-state index contributed by atoms with van der Waals surface area (Å²) in [6.45, 7) is 4.02. The number of fused-ring (bicyclic) bond motifs is 1. The van der Waals surface area contributed by atoms with Crippen molar-refractivity contribution >= 4 is 0 Å². The first-order valence-electron chi connectivity index (χ1n) is 8.13. The van der Waals surface area contributed by atoms with Crippen LogP contribution in [0.5, 0.6) is 17.2 Å². The largest absolute Gasteiger partial charge is 0.497 e. The predicted molar refractivity (Wildman–Crippen MR) is 91.2 cm³/mol. The van der Waals surface area contributed by atoms with E-state index in [2.05, 4.69) is 13.0 Å². The van der Waals surface area contributed by atoms with Gasteiger partial charge in [-0.1, -0.05) is 24.3 Å². The molecule has 1 heterocycles. The quantitative estimate of drug-likeness (QED) is 0.789. The van der Waals surface area contributed by atoms with Crippen LogP contribution in [0.15, 0.2) is 48.5 Å². The van der Waals surface area contributed by atoms with E-state index in [1.54, 1.807) is 7.11 Å². The molecule has 2 unspecified atom stereocenters. The van der Waals surface area contributed by atoms with E-state index in [4.69, 9.17) is 14.2 Å². The first kappa shape index (κ1) is 15.7. The zero-order chi connectivity index (χ0) is 16.1. The Morgan fingerprint density at radius 2 is 2.00 bits per heavy atom. The standard InChI is InChI=1S/C20H23O3/c1-3-16(22-17-7-5-4-6-8-17)13-19-12-10-15-9-11-18(21-2)14-20(15)23-19/h4-9,11,14,16,19H,1,3,10,12-13H2,2H3. The molecule has 0 aliphatic carbocycles. The van der Waals surface area contributed by atoms with Gasteiger partial charge in [0.05, 0.1) is 7.11 Å². The topological polar surface area (TPSA) is 27.7 Å². The first-order chi connectivity index (χ1) is 11.3. The van der Waals surface area contributed by atoms with Crippen LogP contribution in [0, 0.1) is 6.92 Å². The number of hydrogen-bond donors (Lipinski definition) is 0. The van der Waals surface area contributed by atoms with E-state index in [9.17, 15) is 0 Å². The van der Waals surface area contributed by atoms with Crippen LogP contribution in [0.4, 0.5) is 0 Å². The Bertz CT molecular complexity index is 624. The van der Waals surface area contributed by atoms with Gasteiger partial charge in [0.1, 0.15) is 29.5 Å². The Balaban J connectivity index is 1.63. The molecule has 3 heteroatoms. The van der Waals surface area contributed by atoms with Crippen molar-refractivity contribution in [3.63, 3.8) is 0 Å². The molecule has 0 saturated carbocycles. The number of hydrogen-bond acceptors (Lipinski definition) is 3. The van der Waals surface area contributed by atoms with Crippen molar-refractivity contribution < 1.29 is 14.2 Å². The Kier molecular flexibility index (Phi) is 5.06. The Morgan fingerprint density at radius 1 is 1.17 bits per heavy atom. The minimum atomic E-state index is 0.0644. The first-order valence-corrected chi connectivity index (χ1v) is 8.13. The monoisotopic (exact) mass is 311 g/mol. The lowest BCUT2D eigenvalue weighted by atomic mass is 9.98. The number of benzene rings is 2. The maximum atomic E-state index is 6.16. The van der Waals surface area contributed by atoms with E-state index < -0.39 is 0 Å². The second kappa shape index (κ2) is 7.40. The minimum absolute atomic E-state index is 0.0644. The molecule has 23 heavy (non-hydrogen) atoms. The molecule has 0 saturated heterocycles. The van der Waals surface area contributed by atoms with Gasteiger partial charge in [0, 0.05) is 12.5 Å². The third-order valence-electron chi connectivity index (χ3n) is 4.20. The molecule has 1 aliphatic heterocycles. The van der Waals surface area contributed by atoms with Crippen molar-refractivity contribution in [3.05, 3.63) is 61.0 Å². The van der Waals surface area contributed by atoms with Crippen LogP contribution in [-0.4, -0.2) is 19.3 Å². The van der Waals surface area contributed by atoms with Gasteiger partial charge in [-0.25, -0.2) is 0 Å². The molecular formula is C20H23O3. The number of aryl methyl sites for hydroxylation is 1. The molecule has 3 rings (SSSR count). The van der Waals surface area contributed by atoms with Crippen LogP contribution < -0.4 is 14.2 Å². The lowest BCUT2D eigenvalue weighted by Gasteiger charge is -2.29. The van der Waals surface area contributed by atoms with E-state index in [0.717, 1.165) is 42.9 Å². The van der Waals surface area contributed by atoms with Gasteiger partial charge in [0.15, 0.2) is 0 Å². The van der Waals surface area contributed by atoms with Crippen molar-refractivity contribution in [1.29, 1.82) is 0 Å². The molecule has 0 N–H and O–H groups in total. The fraction of sp³-hybridized carbons (Fsp3) is 0.350. The average Bonchev–Trinajstić information content (AvgIpc) is 2.61. The molecule has 2 aromatic rings. The van der Waals surface area contributed by atoms with E-state index >= 15 is 0 Å². The van der Waals surface area contributed by atoms with E-state index in [1.807, 2.05) is 42.5 Å². The summed E-state index contributed by atoms with van der Waals surface area (Å²) < 4.78 is 17.5. The summed E-state index contributed by atoms with van der Waals surface area (Å²) in [5.41, 5.74) is 1.25. The summed E-state index contributed by atoms with van der Waals surface area (Å²) >= 11 is 0. The highest BCUT2D eigenvalue weighted by Gasteiger charge is 2.24. The fourth-order valence-corrected chi connectivity index (χ4v) is 2.91. The van der Waals surface area contributed by atoms with Crippen molar-refractivity contribution in [3.8, 4) is 17.2 Å². The zero-order valence-corrected chi connectivity index (χ0v) is 13.5. The number of methoxy groups -OCH3 is 1. The minimum Gasteiger partial charge on any atom is -0.497 e. The molecule has 0 aromatic heterocycles. The molecule has 2 atom stereocenters.